The van der Waals surface area contributed by atoms with Crippen LogP contribution in [0.1, 0.15) is 11.1 Å². The van der Waals surface area contributed by atoms with E-state index in [-0.39, 0.29) is 0 Å². The average Bonchev–Trinajstić information content (AvgIpc) is 2.39. The molecule has 0 N–H and O–H groups in total. The van der Waals surface area contributed by atoms with Crippen LogP contribution in [0.15, 0.2) is 55.1 Å². The van der Waals surface area contributed by atoms with E-state index >= 15 is 0 Å². The van der Waals surface area contributed by atoms with Gasteiger partial charge in [0.05, 0.1) is 0 Å². The summed E-state index contributed by atoms with van der Waals surface area (Å²) in [6.07, 6.45) is 1.90. The molecule has 0 bridgehead atoms. The fourth-order valence-corrected chi connectivity index (χ4v) is 2.43. The van der Waals surface area contributed by atoms with E-state index in [9.17, 15) is 0 Å². The summed E-state index contributed by atoms with van der Waals surface area (Å²) in [4.78, 5) is 0. The third-order valence-corrected chi connectivity index (χ3v) is 3.39. The van der Waals surface area contributed by atoms with Crippen LogP contribution in [-0.4, -0.2) is 0 Å². The van der Waals surface area contributed by atoms with Gasteiger partial charge in [-0.3, -0.25) is 0 Å². The molecule has 0 amide bonds. The van der Waals surface area contributed by atoms with Crippen LogP contribution in [0.4, 0.5) is 0 Å². The molecule has 82 valence electrons. The third-order valence-electron chi connectivity index (χ3n) is 3.39. The van der Waals surface area contributed by atoms with Crippen molar-refractivity contribution >= 4 is 27.6 Å². The first kappa shape index (κ1) is 10.1. The van der Waals surface area contributed by atoms with Crippen molar-refractivity contribution in [3.8, 4) is 0 Å². The molecule has 0 heterocycles. The van der Waals surface area contributed by atoms with Gasteiger partial charge in [-0.15, -0.1) is 0 Å². The summed E-state index contributed by atoms with van der Waals surface area (Å²) in [5.41, 5.74) is 2.53. The summed E-state index contributed by atoms with van der Waals surface area (Å²) in [6, 6.07) is 17.3. The molecule has 0 aromatic heterocycles. The van der Waals surface area contributed by atoms with Gasteiger partial charge < -0.3 is 0 Å². The van der Waals surface area contributed by atoms with Crippen molar-refractivity contribution in [3.63, 3.8) is 0 Å². The molecule has 0 radical (unpaired) electrons. The maximum absolute atomic E-state index is 3.83. The first-order valence-corrected chi connectivity index (χ1v) is 5.84. The molecule has 0 aliphatic rings. The summed E-state index contributed by atoms with van der Waals surface area (Å²) < 4.78 is 0. The Morgan fingerprint density at radius 3 is 2.47 bits per heavy atom. The molecule has 0 atom stereocenters. The molecule has 0 saturated heterocycles. The molecule has 0 unspecified atom stereocenters. The van der Waals surface area contributed by atoms with Gasteiger partial charge in [0, 0.05) is 0 Å². The molecule has 3 aromatic rings. The lowest BCUT2D eigenvalue weighted by Crippen LogP contribution is -1.83. The van der Waals surface area contributed by atoms with Crippen LogP contribution in [0.2, 0.25) is 0 Å². The number of benzene rings is 3. The lowest BCUT2D eigenvalue weighted by Gasteiger charge is -2.08. The van der Waals surface area contributed by atoms with E-state index in [2.05, 4.69) is 62.0 Å². The highest BCUT2D eigenvalue weighted by atomic mass is 14.1. The molecule has 0 spiro atoms. The third kappa shape index (κ3) is 1.53. The first-order chi connectivity index (χ1) is 8.29. The minimum atomic E-state index is 1.18. The van der Waals surface area contributed by atoms with Crippen molar-refractivity contribution in [1.29, 1.82) is 0 Å². The van der Waals surface area contributed by atoms with E-state index in [0.29, 0.717) is 0 Å². The van der Waals surface area contributed by atoms with E-state index in [0.717, 1.165) is 0 Å². The Morgan fingerprint density at radius 2 is 1.65 bits per heavy atom. The van der Waals surface area contributed by atoms with E-state index in [1.807, 2.05) is 6.08 Å². The summed E-state index contributed by atoms with van der Waals surface area (Å²) in [5, 5.41) is 5.26. The van der Waals surface area contributed by atoms with Crippen LogP contribution >= 0.6 is 0 Å². The fraction of sp³-hybridized carbons (Fsp3) is 0.0588. The second-order valence-corrected chi connectivity index (χ2v) is 4.41. The monoisotopic (exact) mass is 218 g/mol. The Kier molecular flexibility index (Phi) is 2.22. The largest absolute Gasteiger partial charge is 0.0985 e. The number of aryl methyl sites for hydroxylation is 1. The van der Waals surface area contributed by atoms with E-state index < -0.39 is 0 Å². The van der Waals surface area contributed by atoms with Crippen LogP contribution in [0.5, 0.6) is 0 Å². The van der Waals surface area contributed by atoms with Gasteiger partial charge in [-0.05, 0) is 51.7 Å². The predicted molar refractivity (Wildman–Crippen MR) is 76.3 cm³/mol. The number of fused-ring (bicyclic) bond motifs is 2. The van der Waals surface area contributed by atoms with Crippen molar-refractivity contribution in [1.82, 2.24) is 0 Å². The normalized spacial score (nSPS) is 10.9. The lowest BCUT2D eigenvalue weighted by molar-refractivity contribution is 1.58. The predicted octanol–water partition coefficient (Wildman–Crippen LogP) is 4.94. The summed E-state index contributed by atoms with van der Waals surface area (Å²) in [5.74, 6) is 0. The van der Waals surface area contributed by atoms with E-state index in [1.54, 1.807) is 0 Å². The summed E-state index contributed by atoms with van der Waals surface area (Å²) in [6.45, 7) is 6.02. The summed E-state index contributed by atoms with van der Waals surface area (Å²) >= 11 is 0. The molecule has 0 aliphatic carbocycles. The van der Waals surface area contributed by atoms with Gasteiger partial charge in [-0.25, -0.2) is 0 Å². The first-order valence-electron chi connectivity index (χ1n) is 5.84. The van der Waals surface area contributed by atoms with Crippen LogP contribution in [-0.2, 0) is 0 Å². The zero-order valence-corrected chi connectivity index (χ0v) is 9.90. The van der Waals surface area contributed by atoms with Crippen molar-refractivity contribution < 1.29 is 0 Å². The van der Waals surface area contributed by atoms with Crippen molar-refractivity contribution in [3.05, 3.63) is 66.2 Å². The van der Waals surface area contributed by atoms with Crippen LogP contribution in [0.25, 0.3) is 27.6 Å². The Balaban J connectivity index is 2.50. The van der Waals surface area contributed by atoms with Gasteiger partial charge in [0.2, 0.25) is 0 Å². The van der Waals surface area contributed by atoms with Crippen LogP contribution in [0.3, 0.4) is 0 Å². The van der Waals surface area contributed by atoms with E-state index in [1.165, 1.54) is 32.7 Å². The molecular formula is C17H14. The number of hydrogen-bond donors (Lipinski definition) is 0. The lowest BCUT2D eigenvalue weighted by atomic mass is 9.96. The maximum Gasteiger partial charge on any atom is -0.0142 e. The SMILES string of the molecule is C=Cc1ccc2cc3ccccc3c(C)c2c1. The minimum absolute atomic E-state index is 1.18. The Bertz CT molecular complexity index is 721. The maximum atomic E-state index is 3.83. The Morgan fingerprint density at radius 1 is 0.882 bits per heavy atom. The fourth-order valence-electron chi connectivity index (χ4n) is 2.43. The van der Waals surface area contributed by atoms with Gasteiger partial charge >= 0.3 is 0 Å². The van der Waals surface area contributed by atoms with Gasteiger partial charge in [0.1, 0.15) is 0 Å². The molecule has 0 aliphatic heterocycles. The zero-order valence-electron chi connectivity index (χ0n) is 9.90. The van der Waals surface area contributed by atoms with Crippen LogP contribution in [0, 0.1) is 6.92 Å². The standard InChI is InChI=1S/C17H14/c1-3-13-8-9-15-11-14-6-4-5-7-16(14)12(2)17(15)10-13/h3-11H,1H2,2H3. The molecular weight excluding hydrogens is 204 g/mol. The van der Waals surface area contributed by atoms with Crippen molar-refractivity contribution in [2.24, 2.45) is 0 Å². The molecule has 3 rings (SSSR count). The van der Waals surface area contributed by atoms with Gasteiger partial charge in [-0.1, -0.05) is 49.1 Å². The highest BCUT2D eigenvalue weighted by Crippen LogP contribution is 2.28. The molecule has 17 heavy (non-hydrogen) atoms. The Hall–Kier alpha value is -2.08. The van der Waals surface area contributed by atoms with Crippen LogP contribution < -0.4 is 0 Å². The molecule has 0 fully saturated rings. The molecule has 0 heteroatoms. The van der Waals surface area contributed by atoms with E-state index in [4.69, 9.17) is 0 Å². The van der Waals surface area contributed by atoms with Gasteiger partial charge in [0.25, 0.3) is 0 Å². The minimum Gasteiger partial charge on any atom is -0.0985 e. The molecule has 0 saturated carbocycles. The zero-order chi connectivity index (χ0) is 11.8. The second-order valence-electron chi connectivity index (χ2n) is 4.41. The van der Waals surface area contributed by atoms with Crippen molar-refractivity contribution in [2.75, 3.05) is 0 Å². The van der Waals surface area contributed by atoms with Crippen molar-refractivity contribution in [2.45, 2.75) is 6.92 Å². The number of hydrogen-bond acceptors (Lipinski definition) is 0. The topological polar surface area (TPSA) is 0 Å². The molecule has 3 aromatic carbocycles. The Labute approximate surface area is 101 Å². The van der Waals surface area contributed by atoms with Gasteiger partial charge in [0.15, 0.2) is 0 Å². The highest BCUT2D eigenvalue weighted by molar-refractivity contribution is 6.02. The smallest absolute Gasteiger partial charge is 0.0142 e. The summed E-state index contributed by atoms with van der Waals surface area (Å²) in [7, 11) is 0. The quantitative estimate of drug-likeness (QED) is 0.507. The highest BCUT2D eigenvalue weighted by Gasteiger charge is 2.03. The second kappa shape index (κ2) is 3.74. The average molecular weight is 218 g/mol. The number of rotatable bonds is 1. The molecule has 0 nitrogen and oxygen atoms in total. The van der Waals surface area contributed by atoms with Gasteiger partial charge in [-0.2, -0.15) is 0 Å².